The number of carbonyl (C=O) groups excluding carboxylic acids is 2. The molecule has 2 aromatic heterocycles. The molecule has 3 heterocycles. The number of anilines is 2. The van der Waals surface area contributed by atoms with E-state index in [4.69, 9.17) is 4.42 Å². The number of fused-ring (bicyclic) bond motifs is 2. The van der Waals surface area contributed by atoms with Crippen LogP contribution in [-0.2, 0) is 4.79 Å². The summed E-state index contributed by atoms with van der Waals surface area (Å²) in [6, 6.07) is 11.6. The topological polar surface area (TPSA) is 131 Å². The van der Waals surface area contributed by atoms with Gasteiger partial charge in [-0.25, -0.2) is 4.98 Å². The first-order valence-electron chi connectivity index (χ1n) is 9.45. The van der Waals surface area contributed by atoms with Gasteiger partial charge in [-0.15, -0.1) is 8.78 Å². The number of aromatic amines is 1. The summed E-state index contributed by atoms with van der Waals surface area (Å²) in [7, 11) is 0. The predicted molar refractivity (Wildman–Crippen MR) is 111 cm³/mol. The normalized spacial score (nSPS) is 14.0. The highest BCUT2D eigenvalue weighted by Crippen LogP contribution is 2.42. The first-order valence-corrected chi connectivity index (χ1v) is 9.45. The highest BCUT2D eigenvalue weighted by Gasteiger charge is 2.43. The van der Waals surface area contributed by atoms with E-state index < -0.39 is 18.1 Å². The molecular formula is C21H13F2N5O5. The number of benzene rings is 2. The Labute approximate surface area is 183 Å². The Morgan fingerprint density at radius 3 is 2.58 bits per heavy atom. The van der Waals surface area contributed by atoms with Gasteiger partial charge in [-0.2, -0.15) is 4.98 Å². The predicted octanol–water partition coefficient (Wildman–Crippen LogP) is 3.78. The van der Waals surface area contributed by atoms with Crippen LogP contribution in [-0.4, -0.2) is 33.1 Å². The van der Waals surface area contributed by atoms with E-state index in [1.165, 1.54) is 18.2 Å². The lowest BCUT2D eigenvalue weighted by Crippen LogP contribution is -2.25. The number of hydrogen-bond donors (Lipinski definition) is 3. The minimum atomic E-state index is -3.74. The molecule has 0 aliphatic carbocycles. The minimum Gasteiger partial charge on any atom is -0.431 e. The molecule has 12 heteroatoms. The molecule has 10 nitrogen and oxygen atoms in total. The molecule has 1 aliphatic rings. The maximum atomic E-state index is 13.2. The van der Waals surface area contributed by atoms with Crippen LogP contribution >= 0.6 is 0 Å². The van der Waals surface area contributed by atoms with Crippen LogP contribution in [0, 0.1) is 0 Å². The maximum absolute atomic E-state index is 13.2. The van der Waals surface area contributed by atoms with E-state index in [1.54, 1.807) is 6.08 Å². The molecule has 0 bridgehead atoms. The van der Waals surface area contributed by atoms with Gasteiger partial charge < -0.3 is 18.9 Å². The van der Waals surface area contributed by atoms with Crippen LogP contribution in [0.4, 0.5) is 20.7 Å². The molecule has 0 atom stereocenters. The number of carbonyl (C=O) groups is 2. The number of alkyl halides is 2. The molecule has 0 saturated carbocycles. The Hall–Kier alpha value is -4.74. The average molecular weight is 453 g/mol. The molecular weight excluding hydrogens is 440 g/mol. The number of imidazole rings is 1. The van der Waals surface area contributed by atoms with Gasteiger partial charge in [0.1, 0.15) is 6.26 Å². The van der Waals surface area contributed by atoms with Crippen molar-refractivity contribution < 1.29 is 32.3 Å². The van der Waals surface area contributed by atoms with Gasteiger partial charge >= 0.3 is 12.3 Å². The fourth-order valence-electron chi connectivity index (χ4n) is 3.00. The van der Waals surface area contributed by atoms with Gasteiger partial charge in [-0.1, -0.05) is 30.3 Å². The van der Waals surface area contributed by atoms with Crippen molar-refractivity contribution >= 4 is 40.9 Å². The van der Waals surface area contributed by atoms with Crippen LogP contribution in [0.3, 0.4) is 0 Å². The van der Waals surface area contributed by atoms with Gasteiger partial charge in [0.05, 0.1) is 11.0 Å². The SMILES string of the molecule is O=C(/C=C/c1ccccc1)Nc1nc(C(=O)Nc2nc3cc4c(cc3[nH]2)OC(F)(F)O4)co1. The second kappa shape index (κ2) is 7.75. The summed E-state index contributed by atoms with van der Waals surface area (Å²) in [4.78, 5) is 35.2. The smallest absolute Gasteiger partial charge is 0.431 e. The lowest BCUT2D eigenvalue weighted by Gasteiger charge is -2.04. The zero-order valence-electron chi connectivity index (χ0n) is 16.5. The van der Waals surface area contributed by atoms with Gasteiger partial charge in [0.15, 0.2) is 17.2 Å². The van der Waals surface area contributed by atoms with E-state index in [0.717, 1.165) is 11.8 Å². The summed E-state index contributed by atoms with van der Waals surface area (Å²) in [5.41, 5.74) is 1.32. The van der Waals surface area contributed by atoms with Crippen LogP contribution in [0.5, 0.6) is 11.5 Å². The molecule has 0 spiro atoms. The van der Waals surface area contributed by atoms with Crippen LogP contribution in [0.25, 0.3) is 17.1 Å². The molecule has 5 rings (SSSR count). The van der Waals surface area contributed by atoms with Crippen molar-refractivity contribution in [2.24, 2.45) is 0 Å². The number of aromatic nitrogens is 3. The Balaban J connectivity index is 1.23. The summed E-state index contributed by atoms with van der Waals surface area (Å²) >= 11 is 0. The highest BCUT2D eigenvalue weighted by molar-refractivity contribution is 6.04. The molecule has 0 fully saturated rings. The summed E-state index contributed by atoms with van der Waals surface area (Å²) < 4.78 is 40.2. The zero-order valence-corrected chi connectivity index (χ0v) is 16.5. The van der Waals surface area contributed by atoms with Crippen molar-refractivity contribution in [2.75, 3.05) is 10.6 Å². The summed E-state index contributed by atoms with van der Waals surface area (Å²) in [6.07, 6.45) is 0.233. The van der Waals surface area contributed by atoms with E-state index in [2.05, 4.69) is 35.1 Å². The third kappa shape index (κ3) is 4.35. The van der Waals surface area contributed by atoms with Crippen LogP contribution < -0.4 is 20.1 Å². The minimum absolute atomic E-state index is 0.0322. The van der Waals surface area contributed by atoms with Gasteiger partial charge in [-0.05, 0) is 11.6 Å². The first kappa shape index (κ1) is 20.2. The number of hydrogen-bond acceptors (Lipinski definition) is 7. The van der Waals surface area contributed by atoms with Crippen molar-refractivity contribution in [2.45, 2.75) is 6.29 Å². The summed E-state index contributed by atoms with van der Waals surface area (Å²) in [5.74, 6) is -1.47. The van der Waals surface area contributed by atoms with Crippen molar-refractivity contribution in [1.29, 1.82) is 0 Å². The first-order chi connectivity index (χ1) is 15.8. The number of rotatable bonds is 5. The molecule has 3 N–H and O–H groups in total. The molecule has 4 aromatic rings. The van der Waals surface area contributed by atoms with E-state index in [1.807, 2.05) is 30.3 Å². The number of oxazole rings is 1. The van der Waals surface area contributed by atoms with Crippen molar-refractivity contribution in [1.82, 2.24) is 15.0 Å². The molecule has 166 valence electrons. The van der Waals surface area contributed by atoms with E-state index in [0.29, 0.717) is 5.52 Å². The Morgan fingerprint density at radius 2 is 1.79 bits per heavy atom. The maximum Gasteiger partial charge on any atom is 0.586 e. The molecule has 33 heavy (non-hydrogen) atoms. The summed E-state index contributed by atoms with van der Waals surface area (Å²) in [5, 5.41) is 4.88. The number of halogens is 2. The zero-order chi connectivity index (χ0) is 23.0. The van der Waals surface area contributed by atoms with Gasteiger partial charge in [0.2, 0.25) is 5.95 Å². The van der Waals surface area contributed by atoms with Gasteiger partial charge in [-0.3, -0.25) is 20.2 Å². The van der Waals surface area contributed by atoms with Crippen molar-refractivity contribution in [3.63, 3.8) is 0 Å². The van der Waals surface area contributed by atoms with E-state index in [-0.39, 0.29) is 34.7 Å². The van der Waals surface area contributed by atoms with Crippen LogP contribution in [0.1, 0.15) is 16.1 Å². The number of nitrogens with zero attached hydrogens (tertiary/aromatic N) is 2. The van der Waals surface area contributed by atoms with E-state index >= 15 is 0 Å². The number of amides is 2. The van der Waals surface area contributed by atoms with Gasteiger partial charge in [0.25, 0.3) is 11.8 Å². The van der Waals surface area contributed by atoms with Crippen molar-refractivity contribution in [3.05, 3.63) is 66.1 Å². The average Bonchev–Trinajstić information content (AvgIpc) is 3.46. The second-order valence-electron chi connectivity index (χ2n) is 6.79. The quantitative estimate of drug-likeness (QED) is 0.392. The molecule has 2 amide bonds. The molecule has 2 aromatic carbocycles. The lowest BCUT2D eigenvalue weighted by atomic mass is 10.2. The third-order valence-electron chi connectivity index (χ3n) is 4.43. The monoisotopic (exact) mass is 453 g/mol. The Kier molecular flexibility index (Phi) is 4.74. The number of H-pyrrole nitrogens is 1. The number of nitrogens with one attached hydrogen (secondary N) is 3. The Morgan fingerprint density at radius 1 is 1.03 bits per heavy atom. The van der Waals surface area contributed by atoms with Crippen LogP contribution in [0.15, 0.2) is 59.2 Å². The largest absolute Gasteiger partial charge is 0.586 e. The fraction of sp³-hybridized carbons (Fsp3) is 0.0476. The van der Waals surface area contributed by atoms with Crippen molar-refractivity contribution in [3.8, 4) is 11.5 Å². The lowest BCUT2D eigenvalue weighted by molar-refractivity contribution is -0.286. The second-order valence-corrected chi connectivity index (χ2v) is 6.79. The molecule has 0 unspecified atom stereocenters. The highest BCUT2D eigenvalue weighted by atomic mass is 19.3. The molecule has 1 aliphatic heterocycles. The fourth-order valence-corrected chi connectivity index (χ4v) is 3.00. The van der Waals surface area contributed by atoms with Crippen LogP contribution in [0.2, 0.25) is 0 Å². The summed E-state index contributed by atoms with van der Waals surface area (Å²) in [6.45, 7) is 0. The van der Waals surface area contributed by atoms with Gasteiger partial charge in [0, 0.05) is 18.2 Å². The standard InChI is InChI=1S/C21H13F2N5O5/c22-21(23)32-15-8-12-13(9-16(15)33-21)25-19(24-12)28-18(30)14-10-31-20(26-14)27-17(29)7-6-11-4-2-1-3-5-11/h1-10H,(H,26,27,29)(H2,24,25,28,30)/b7-6+. The Bertz CT molecular complexity index is 1350. The number of ether oxygens (including phenoxy) is 2. The van der Waals surface area contributed by atoms with E-state index in [9.17, 15) is 18.4 Å². The third-order valence-corrected chi connectivity index (χ3v) is 4.43. The molecule has 0 saturated heterocycles. The molecule has 0 radical (unpaired) electrons.